The summed E-state index contributed by atoms with van der Waals surface area (Å²) in [6, 6.07) is 4.54. The molecule has 0 aliphatic carbocycles. The lowest BCUT2D eigenvalue weighted by atomic mass is 10.2. The van der Waals surface area contributed by atoms with E-state index in [4.69, 9.17) is 0 Å². The number of nitrogens with zero attached hydrogens (tertiary/aromatic N) is 1. The van der Waals surface area contributed by atoms with E-state index in [0.29, 0.717) is 0 Å². The number of halogens is 3. The Morgan fingerprint density at radius 1 is 1.11 bits per heavy atom. The molecule has 0 N–H and O–H groups in total. The highest BCUT2D eigenvalue weighted by Gasteiger charge is 2.30. The second-order valence-electron chi connectivity index (χ2n) is 2.48. The van der Waals surface area contributed by atoms with Crippen molar-refractivity contribution in [3.05, 3.63) is 29.8 Å². The van der Waals surface area contributed by atoms with Gasteiger partial charge in [0.2, 0.25) is 0 Å². The molecular formula is C13H20F3NO. The summed E-state index contributed by atoms with van der Waals surface area (Å²) in [5.74, 6) is 0.0675. The normalized spacial score (nSPS) is 10.0. The van der Waals surface area contributed by atoms with E-state index in [1.807, 2.05) is 27.7 Å². The van der Waals surface area contributed by atoms with Crippen LogP contribution in [0.4, 0.5) is 13.2 Å². The van der Waals surface area contributed by atoms with Gasteiger partial charge in [0, 0.05) is 6.21 Å². The summed E-state index contributed by atoms with van der Waals surface area (Å²) < 4.78 is 36.6. The fourth-order valence-electron chi connectivity index (χ4n) is 0.843. The highest BCUT2D eigenvalue weighted by molar-refractivity contribution is 5.52. The van der Waals surface area contributed by atoms with Crippen LogP contribution in [0.15, 0.2) is 29.4 Å². The van der Waals surface area contributed by atoms with Crippen LogP contribution >= 0.6 is 0 Å². The fourth-order valence-corrected chi connectivity index (χ4v) is 0.843. The molecule has 1 rings (SSSR count). The molecule has 0 radical (unpaired) electrons. The molecule has 0 aliphatic heterocycles. The minimum Gasteiger partial charge on any atom is -0.357 e. The minimum absolute atomic E-state index is 0.0675. The second-order valence-corrected chi connectivity index (χ2v) is 2.48. The lowest BCUT2D eigenvalue weighted by Crippen LogP contribution is -2.04. The first-order valence-corrected chi connectivity index (χ1v) is 5.86. The van der Waals surface area contributed by atoms with Crippen LogP contribution in [0, 0.1) is 0 Å². The third-order valence-corrected chi connectivity index (χ3v) is 1.42. The van der Waals surface area contributed by atoms with Crippen molar-refractivity contribution in [3.63, 3.8) is 0 Å². The summed E-state index contributed by atoms with van der Waals surface area (Å²) >= 11 is 0. The average molecular weight is 263 g/mol. The number of hydrogen-bond donors (Lipinski definition) is 0. The largest absolute Gasteiger partial charge is 0.416 e. The zero-order valence-electron chi connectivity index (χ0n) is 11.4. The molecule has 104 valence electrons. The van der Waals surface area contributed by atoms with Gasteiger partial charge in [-0.25, -0.2) is 0 Å². The Morgan fingerprint density at radius 3 is 2.11 bits per heavy atom. The van der Waals surface area contributed by atoms with Crippen LogP contribution in [-0.2, 0) is 6.18 Å². The topological polar surface area (TPSA) is 21.6 Å². The van der Waals surface area contributed by atoms with Crippen molar-refractivity contribution in [1.82, 2.24) is 0 Å². The van der Waals surface area contributed by atoms with Crippen molar-refractivity contribution in [3.8, 4) is 5.75 Å². The Bertz CT molecular complexity index is 335. The van der Waals surface area contributed by atoms with E-state index in [1.165, 1.54) is 18.3 Å². The average Bonchev–Trinajstić information content (AvgIpc) is 2.40. The van der Waals surface area contributed by atoms with Gasteiger partial charge in [0.25, 0.3) is 0 Å². The summed E-state index contributed by atoms with van der Waals surface area (Å²) in [6.07, 6.45) is -3.00. The van der Waals surface area contributed by atoms with Crippen LogP contribution in [0.5, 0.6) is 5.75 Å². The third-order valence-electron chi connectivity index (χ3n) is 1.42. The molecule has 0 spiro atoms. The summed E-state index contributed by atoms with van der Waals surface area (Å²) in [4.78, 5) is 4.66. The molecule has 1 aromatic carbocycles. The first kappa shape index (κ1) is 18.8. The molecule has 2 nitrogen and oxygen atoms in total. The lowest BCUT2D eigenvalue weighted by molar-refractivity contribution is -0.137. The number of benzene rings is 1. The predicted molar refractivity (Wildman–Crippen MR) is 68.9 cm³/mol. The van der Waals surface area contributed by atoms with Gasteiger partial charge < -0.3 is 4.84 Å². The lowest BCUT2D eigenvalue weighted by Gasteiger charge is -2.06. The molecule has 0 aliphatic rings. The maximum absolute atomic E-state index is 12.2. The molecule has 0 fully saturated rings. The maximum Gasteiger partial charge on any atom is 0.416 e. The van der Waals surface area contributed by atoms with Crippen LogP contribution in [-0.4, -0.2) is 6.21 Å². The number of oxime groups is 1. The van der Waals surface area contributed by atoms with Crippen LogP contribution in [0.2, 0.25) is 0 Å². The molecular weight excluding hydrogens is 243 g/mol. The van der Waals surface area contributed by atoms with E-state index in [0.717, 1.165) is 12.1 Å². The molecule has 5 heteroatoms. The van der Waals surface area contributed by atoms with Gasteiger partial charge in [-0.2, -0.15) is 13.2 Å². The minimum atomic E-state index is -4.35. The first-order valence-electron chi connectivity index (χ1n) is 5.86. The molecule has 0 atom stereocenters. The van der Waals surface area contributed by atoms with Gasteiger partial charge in [-0.05, 0) is 25.1 Å². The van der Waals surface area contributed by atoms with Crippen molar-refractivity contribution in [2.45, 2.75) is 40.8 Å². The molecule has 0 unspecified atom stereocenters. The van der Waals surface area contributed by atoms with Gasteiger partial charge in [0.15, 0.2) is 5.75 Å². The molecule has 0 amide bonds. The predicted octanol–water partition coefficient (Wildman–Crippen LogP) is 5.14. The van der Waals surface area contributed by atoms with Gasteiger partial charge in [0.1, 0.15) is 0 Å². The molecule has 1 aromatic rings. The van der Waals surface area contributed by atoms with E-state index >= 15 is 0 Å². The van der Waals surface area contributed by atoms with Crippen LogP contribution < -0.4 is 4.84 Å². The smallest absolute Gasteiger partial charge is 0.357 e. The highest BCUT2D eigenvalue weighted by atomic mass is 19.4. The van der Waals surface area contributed by atoms with Crippen LogP contribution in [0.25, 0.3) is 0 Å². The fraction of sp³-hybridized carbons (Fsp3) is 0.462. The summed E-state index contributed by atoms with van der Waals surface area (Å²) in [5.41, 5.74) is -0.749. The van der Waals surface area contributed by atoms with Gasteiger partial charge in [0.05, 0.1) is 5.56 Å². The molecule has 18 heavy (non-hydrogen) atoms. The maximum atomic E-state index is 12.2. The number of hydrogen-bond acceptors (Lipinski definition) is 2. The Hall–Kier alpha value is -1.52. The monoisotopic (exact) mass is 263 g/mol. The summed E-state index contributed by atoms with van der Waals surface area (Å²) in [5, 5.41) is 3.37. The molecule has 0 aromatic heterocycles. The Labute approximate surface area is 106 Å². The van der Waals surface area contributed by atoms with Crippen LogP contribution in [0.1, 0.15) is 40.2 Å². The zero-order chi connectivity index (χ0) is 14.6. The second kappa shape index (κ2) is 10.6. The Balaban J connectivity index is 0. The highest BCUT2D eigenvalue weighted by Crippen LogP contribution is 2.31. The summed E-state index contributed by atoms with van der Waals surface area (Å²) in [7, 11) is 0. The zero-order valence-corrected chi connectivity index (χ0v) is 11.4. The SMILES string of the molecule is C/C=N/Oc1cccc(C(F)(F)F)c1.CC.CC. The standard InChI is InChI=1S/C9H8F3NO.2C2H6/c1-2-13-14-8-5-3-4-7(6-8)9(10,11)12;2*1-2/h2-6H,1H3;2*1-2H3/b13-2+;;. The number of rotatable bonds is 2. The molecule has 0 heterocycles. The van der Waals surface area contributed by atoms with E-state index in [2.05, 4.69) is 9.99 Å². The molecule has 0 saturated heterocycles. The Morgan fingerprint density at radius 2 is 1.67 bits per heavy atom. The third kappa shape index (κ3) is 7.70. The van der Waals surface area contributed by atoms with Gasteiger partial charge in [-0.1, -0.05) is 38.9 Å². The van der Waals surface area contributed by atoms with E-state index in [9.17, 15) is 13.2 Å². The summed E-state index contributed by atoms with van der Waals surface area (Å²) in [6.45, 7) is 9.60. The van der Waals surface area contributed by atoms with Crippen molar-refractivity contribution in [2.24, 2.45) is 5.16 Å². The van der Waals surface area contributed by atoms with Crippen molar-refractivity contribution in [2.75, 3.05) is 0 Å². The van der Waals surface area contributed by atoms with E-state index < -0.39 is 11.7 Å². The van der Waals surface area contributed by atoms with Crippen molar-refractivity contribution >= 4 is 6.21 Å². The van der Waals surface area contributed by atoms with Gasteiger partial charge in [-0.15, -0.1) is 0 Å². The molecule has 0 bridgehead atoms. The van der Waals surface area contributed by atoms with Crippen molar-refractivity contribution < 1.29 is 18.0 Å². The quantitative estimate of drug-likeness (QED) is 0.534. The van der Waals surface area contributed by atoms with Gasteiger partial charge >= 0.3 is 6.18 Å². The Kier molecular flexibility index (Phi) is 11.1. The number of alkyl halides is 3. The first-order chi connectivity index (χ1) is 8.54. The van der Waals surface area contributed by atoms with Gasteiger partial charge in [-0.3, -0.25) is 0 Å². The van der Waals surface area contributed by atoms with E-state index in [1.54, 1.807) is 6.92 Å². The van der Waals surface area contributed by atoms with Crippen molar-refractivity contribution in [1.29, 1.82) is 0 Å². The molecule has 0 saturated carbocycles. The van der Waals surface area contributed by atoms with Crippen LogP contribution in [0.3, 0.4) is 0 Å². The van der Waals surface area contributed by atoms with E-state index in [-0.39, 0.29) is 5.75 Å².